The van der Waals surface area contributed by atoms with Crippen LogP contribution in [0.25, 0.3) is 0 Å². The molecule has 0 spiro atoms. The van der Waals surface area contributed by atoms with Crippen LogP contribution in [0.15, 0.2) is 4.74 Å². The van der Waals surface area contributed by atoms with Crippen LogP contribution in [0.2, 0.25) is 0 Å². The Hall–Kier alpha value is -0.650. The van der Waals surface area contributed by atoms with Gasteiger partial charge >= 0.3 is 5.97 Å². The summed E-state index contributed by atoms with van der Waals surface area (Å²) in [5, 5.41) is 18.9. The van der Waals surface area contributed by atoms with Gasteiger partial charge < -0.3 is 15.1 Å². The molecule has 1 aliphatic rings. The van der Waals surface area contributed by atoms with Crippen molar-refractivity contribution in [3.63, 3.8) is 0 Å². The van der Waals surface area contributed by atoms with E-state index in [0.29, 0.717) is 31.4 Å². The van der Waals surface area contributed by atoms with E-state index in [9.17, 15) is 14.7 Å². The fourth-order valence-corrected chi connectivity index (χ4v) is 2.54. The van der Waals surface area contributed by atoms with Crippen molar-refractivity contribution in [3.8, 4) is 0 Å². The summed E-state index contributed by atoms with van der Waals surface area (Å²) in [5.74, 6) is -1.12. The number of rotatable bonds is 5. The predicted molar refractivity (Wildman–Crippen MR) is 71.1 cm³/mol. The molecule has 0 aromatic carbocycles. The third kappa shape index (κ3) is 3.43. The van der Waals surface area contributed by atoms with Gasteiger partial charge in [0, 0.05) is 0 Å². The normalized spacial score (nSPS) is 25.6. The summed E-state index contributed by atoms with van der Waals surface area (Å²) >= 11 is 4.03. The van der Waals surface area contributed by atoms with Gasteiger partial charge in [0.25, 0.3) is 5.91 Å². The number of aliphatic carboxylic acids is 1. The van der Waals surface area contributed by atoms with E-state index in [1.54, 1.807) is 0 Å². The van der Waals surface area contributed by atoms with Gasteiger partial charge in [0.2, 0.25) is 0 Å². The molecule has 1 saturated heterocycles. The molecule has 1 heterocycles. The Morgan fingerprint density at radius 2 is 2.17 bits per heavy atom. The minimum atomic E-state index is -1.10. The fraction of sp³-hybridized carbons (Fsp3) is 0.800. The second-order valence-corrected chi connectivity index (χ2v) is 4.87. The highest BCUT2D eigenvalue weighted by atomic mass is 32.1. The molecule has 0 aromatic rings. The van der Waals surface area contributed by atoms with E-state index in [1.165, 1.54) is 0 Å². The number of hydrogen-bond donors (Lipinski definition) is 3. The Morgan fingerprint density at radius 3 is 2.67 bits per heavy atom. The molecular formula is C10H17N2O4PS. The van der Waals surface area contributed by atoms with E-state index in [4.69, 9.17) is 5.11 Å². The molecule has 0 bridgehead atoms. The number of carbonyl (C=O) groups is 2. The standard InChI is InChI=1S/C10H17N2O4PS/c13-8-3-1-2-7(10(15)16)12(8)9(14)6(11-17)4-5-18/h6-8,13,17-18H,1-5H2,(H,15,16). The van der Waals surface area contributed by atoms with Crippen LogP contribution in [0.5, 0.6) is 0 Å². The fourth-order valence-electron chi connectivity index (χ4n) is 2.06. The average molecular weight is 292 g/mol. The number of thiol groups is 1. The van der Waals surface area contributed by atoms with E-state index < -0.39 is 30.2 Å². The highest BCUT2D eigenvalue weighted by molar-refractivity contribution is 7.80. The van der Waals surface area contributed by atoms with Gasteiger partial charge in [0.15, 0.2) is 0 Å². The highest BCUT2D eigenvalue weighted by Gasteiger charge is 2.39. The molecule has 1 rings (SSSR count). The number of hydrogen-bond acceptors (Lipinski definition) is 5. The monoisotopic (exact) mass is 292 g/mol. The van der Waals surface area contributed by atoms with Crippen molar-refractivity contribution in [2.75, 3.05) is 5.75 Å². The van der Waals surface area contributed by atoms with Gasteiger partial charge in [-0.25, -0.2) is 4.79 Å². The number of amides is 1. The Bertz CT molecular complexity index is 342. The Kier molecular flexibility index (Phi) is 6.05. The van der Waals surface area contributed by atoms with Gasteiger partial charge in [-0.2, -0.15) is 12.6 Å². The third-order valence-corrected chi connectivity index (χ3v) is 3.55. The van der Waals surface area contributed by atoms with E-state index in [-0.39, 0.29) is 0 Å². The molecule has 0 radical (unpaired) electrons. The van der Waals surface area contributed by atoms with E-state index in [0.717, 1.165) is 4.90 Å². The van der Waals surface area contributed by atoms with Gasteiger partial charge in [0.1, 0.15) is 18.3 Å². The summed E-state index contributed by atoms with van der Waals surface area (Å²) in [5.41, 5.74) is 0. The van der Waals surface area contributed by atoms with Crippen molar-refractivity contribution in [2.24, 2.45) is 4.74 Å². The SMILES string of the molecule is O=C(O)C1CCCC(O)N1C(=O)C(CCS)N=P. The maximum atomic E-state index is 12.2. The van der Waals surface area contributed by atoms with Crippen molar-refractivity contribution >= 4 is 33.5 Å². The minimum absolute atomic E-state index is 0.355. The number of likely N-dealkylation sites (tertiary alicyclic amines) is 1. The first kappa shape index (κ1) is 15.4. The molecule has 2 N–H and O–H groups in total. The first-order valence-electron chi connectivity index (χ1n) is 5.73. The molecule has 3 unspecified atom stereocenters. The number of piperidine rings is 1. The zero-order valence-electron chi connectivity index (χ0n) is 9.82. The van der Waals surface area contributed by atoms with E-state index >= 15 is 0 Å². The number of aliphatic hydroxyl groups is 1. The van der Waals surface area contributed by atoms with Gasteiger partial charge in [-0.15, -0.1) is 0 Å². The molecule has 1 fully saturated rings. The molecule has 6 nitrogen and oxygen atoms in total. The number of carbonyl (C=O) groups excluding carboxylic acids is 1. The molecule has 1 amide bonds. The molecule has 18 heavy (non-hydrogen) atoms. The molecular weight excluding hydrogens is 275 g/mol. The van der Waals surface area contributed by atoms with Crippen LogP contribution in [0, 0.1) is 0 Å². The quantitative estimate of drug-likeness (QED) is 0.516. The maximum Gasteiger partial charge on any atom is 0.326 e. The number of carboxylic acid groups (broad SMARTS) is 1. The van der Waals surface area contributed by atoms with Gasteiger partial charge in [-0.1, -0.05) is 0 Å². The molecule has 0 aliphatic carbocycles. The van der Waals surface area contributed by atoms with Gasteiger partial charge in [-0.3, -0.25) is 9.54 Å². The molecule has 3 atom stereocenters. The second-order valence-electron chi connectivity index (χ2n) is 4.17. The largest absolute Gasteiger partial charge is 0.480 e. The molecule has 0 aromatic heterocycles. The summed E-state index contributed by atoms with van der Waals surface area (Å²) in [6, 6.07) is -1.69. The van der Waals surface area contributed by atoms with E-state index in [2.05, 4.69) is 26.4 Å². The van der Waals surface area contributed by atoms with Crippen molar-refractivity contribution in [1.29, 1.82) is 0 Å². The third-order valence-electron chi connectivity index (χ3n) is 2.98. The number of aliphatic hydroxyl groups excluding tert-OH is 1. The number of carboxylic acids is 1. The highest BCUT2D eigenvalue weighted by Crippen LogP contribution is 2.24. The Labute approximate surface area is 113 Å². The molecule has 8 heteroatoms. The van der Waals surface area contributed by atoms with Gasteiger partial charge in [0.05, 0.1) is 0 Å². The smallest absolute Gasteiger partial charge is 0.326 e. The summed E-state index contributed by atoms with van der Waals surface area (Å²) in [7, 11) is 2.93. The lowest BCUT2D eigenvalue weighted by molar-refractivity contribution is -0.165. The lowest BCUT2D eigenvalue weighted by Crippen LogP contribution is -2.56. The van der Waals surface area contributed by atoms with E-state index in [1.807, 2.05) is 0 Å². The molecule has 102 valence electrons. The second kappa shape index (κ2) is 7.07. The van der Waals surface area contributed by atoms with Crippen LogP contribution in [0.4, 0.5) is 0 Å². The van der Waals surface area contributed by atoms with Gasteiger partial charge in [-0.05, 0) is 40.5 Å². The zero-order valence-corrected chi connectivity index (χ0v) is 11.7. The van der Waals surface area contributed by atoms with Crippen LogP contribution in [-0.2, 0) is 9.59 Å². The predicted octanol–water partition coefficient (Wildman–Crippen LogP) is 0.785. The first-order chi connectivity index (χ1) is 8.52. The van der Waals surface area contributed by atoms with Crippen molar-refractivity contribution in [3.05, 3.63) is 0 Å². The van der Waals surface area contributed by atoms with Crippen LogP contribution in [0.1, 0.15) is 25.7 Å². The summed E-state index contributed by atoms with van der Waals surface area (Å²) < 4.78 is 3.74. The Balaban J connectivity index is 2.89. The lowest BCUT2D eigenvalue weighted by atomic mass is 9.99. The lowest BCUT2D eigenvalue weighted by Gasteiger charge is -2.38. The summed E-state index contributed by atoms with van der Waals surface area (Å²) in [6.45, 7) is 0. The van der Waals surface area contributed by atoms with Crippen LogP contribution >= 0.6 is 21.7 Å². The van der Waals surface area contributed by atoms with Crippen molar-refractivity contribution < 1.29 is 19.8 Å². The topological polar surface area (TPSA) is 90.2 Å². The minimum Gasteiger partial charge on any atom is -0.480 e. The maximum absolute atomic E-state index is 12.2. The Morgan fingerprint density at radius 1 is 1.50 bits per heavy atom. The average Bonchev–Trinajstić information content (AvgIpc) is 2.34. The van der Waals surface area contributed by atoms with Crippen LogP contribution in [0.3, 0.4) is 0 Å². The number of nitrogens with zero attached hydrogens (tertiary/aromatic N) is 2. The molecule has 1 aliphatic heterocycles. The summed E-state index contributed by atoms with van der Waals surface area (Å²) in [4.78, 5) is 24.3. The molecule has 0 saturated carbocycles. The van der Waals surface area contributed by atoms with Crippen molar-refractivity contribution in [2.45, 2.75) is 44.0 Å². The van der Waals surface area contributed by atoms with Crippen LogP contribution < -0.4 is 0 Å². The summed E-state index contributed by atoms with van der Waals surface area (Å²) in [6.07, 6.45) is 0.673. The van der Waals surface area contributed by atoms with Crippen LogP contribution in [-0.4, -0.2) is 51.1 Å². The first-order valence-corrected chi connectivity index (χ1v) is 6.81. The zero-order chi connectivity index (χ0) is 13.7. The van der Waals surface area contributed by atoms with Crippen molar-refractivity contribution in [1.82, 2.24) is 4.90 Å².